The predicted octanol–water partition coefficient (Wildman–Crippen LogP) is 7.57. The second-order valence-electron chi connectivity index (χ2n) is 8.00. The Morgan fingerprint density at radius 1 is 0.867 bits per heavy atom. The van der Waals surface area contributed by atoms with Gasteiger partial charge in [-0.2, -0.15) is 17.6 Å². The molecule has 1 aliphatic carbocycles. The van der Waals surface area contributed by atoms with E-state index in [4.69, 9.17) is 4.74 Å². The van der Waals surface area contributed by atoms with Crippen molar-refractivity contribution >= 4 is 0 Å². The summed E-state index contributed by atoms with van der Waals surface area (Å²) in [7, 11) is 0. The second kappa shape index (κ2) is 10.2. The molecule has 0 amide bonds. The molecule has 2 aromatic carbocycles. The maximum atomic E-state index is 14.5. The average Bonchev–Trinajstić information content (AvgIpc) is 2.74. The summed E-state index contributed by atoms with van der Waals surface area (Å²) in [6, 6.07) is 10.9. The molecular weight excluding hydrogens is 396 g/mol. The normalized spacial score (nSPS) is 19.7. The molecule has 164 valence electrons. The molecule has 2 nitrogen and oxygen atoms in total. The summed E-state index contributed by atoms with van der Waals surface area (Å²) in [4.78, 5) is 0. The molecule has 0 N–H and O–H groups in total. The van der Waals surface area contributed by atoms with Gasteiger partial charge in [-0.3, -0.25) is 0 Å². The van der Waals surface area contributed by atoms with Crippen LogP contribution in [0.4, 0.5) is 17.6 Å². The minimum Gasteiger partial charge on any atom is -0.435 e. The highest BCUT2D eigenvalue weighted by molar-refractivity contribution is 5.32. The third kappa shape index (κ3) is 6.38. The van der Waals surface area contributed by atoms with Crippen molar-refractivity contribution in [3.8, 4) is 11.5 Å². The molecule has 0 unspecified atom stereocenters. The molecule has 0 saturated heterocycles. The molecule has 30 heavy (non-hydrogen) atoms. The van der Waals surface area contributed by atoms with Gasteiger partial charge in [-0.1, -0.05) is 51.2 Å². The molecule has 0 bridgehead atoms. The van der Waals surface area contributed by atoms with Gasteiger partial charge in [0.1, 0.15) is 11.5 Å². The van der Waals surface area contributed by atoms with Crippen molar-refractivity contribution in [3.63, 3.8) is 0 Å². The van der Waals surface area contributed by atoms with E-state index >= 15 is 0 Å². The second-order valence-corrected chi connectivity index (χ2v) is 8.00. The SMILES string of the molecule is CC[C@H]1CC[C@H](CCc2ccc(C(F)(F)Oc3ccc(OC(F)F)cc3)cc2)CC1. The van der Waals surface area contributed by atoms with E-state index in [1.165, 1.54) is 56.4 Å². The molecule has 0 atom stereocenters. The summed E-state index contributed by atoms with van der Waals surface area (Å²) >= 11 is 0. The van der Waals surface area contributed by atoms with Gasteiger partial charge < -0.3 is 9.47 Å². The molecule has 0 heterocycles. The fraction of sp³-hybridized carbons (Fsp3) is 0.500. The summed E-state index contributed by atoms with van der Waals surface area (Å²) in [5.74, 6) is 1.35. The smallest absolute Gasteiger partial charge is 0.426 e. The highest BCUT2D eigenvalue weighted by Gasteiger charge is 2.34. The Morgan fingerprint density at radius 3 is 2.00 bits per heavy atom. The molecular formula is C24H28F4O2. The van der Waals surface area contributed by atoms with Crippen molar-refractivity contribution in [1.82, 2.24) is 0 Å². The van der Waals surface area contributed by atoms with E-state index in [9.17, 15) is 17.6 Å². The van der Waals surface area contributed by atoms with Gasteiger partial charge in [-0.05, 0) is 66.6 Å². The van der Waals surface area contributed by atoms with Gasteiger partial charge in [0, 0.05) is 0 Å². The van der Waals surface area contributed by atoms with Gasteiger partial charge in [0.2, 0.25) is 0 Å². The first kappa shape index (κ1) is 22.4. The van der Waals surface area contributed by atoms with Crippen molar-refractivity contribution in [3.05, 3.63) is 59.7 Å². The van der Waals surface area contributed by atoms with E-state index < -0.39 is 12.7 Å². The Balaban J connectivity index is 1.52. The number of benzene rings is 2. The van der Waals surface area contributed by atoms with Crippen LogP contribution in [0.1, 0.15) is 56.6 Å². The third-order valence-electron chi connectivity index (χ3n) is 5.97. The quantitative estimate of drug-likeness (QED) is 0.387. The van der Waals surface area contributed by atoms with Gasteiger partial charge in [-0.15, -0.1) is 0 Å². The first-order chi connectivity index (χ1) is 14.4. The highest BCUT2D eigenvalue weighted by Crippen LogP contribution is 2.34. The Morgan fingerprint density at radius 2 is 1.43 bits per heavy atom. The van der Waals surface area contributed by atoms with Crippen LogP contribution >= 0.6 is 0 Å². The predicted molar refractivity (Wildman–Crippen MR) is 108 cm³/mol. The van der Waals surface area contributed by atoms with Crippen molar-refractivity contribution < 1.29 is 27.0 Å². The number of hydrogen-bond acceptors (Lipinski definition) is 2. The number of alkyl halides is 4. The lowest BCUT2D eigenvalue weighted by Gasteiger charge is -2.27. The molecule has 0 spiro atoms. The molecule has 1 aliphatic rings. The van der Waals surface area contributed by atoms with Crippen LogP contribution in [0.15, 0.2) is 48.5 Å². The van der Waals surface area contributed by atoms with E-state index in [1.54, 1.807) is 12.1 Å². The maximum Gasteiger partial charge on any atom is 0.426 e. The van der Waals surface area contributed by atoms with Crippen LogP contribution in [-0.2, 0) is 12.5 Å². The van der Waals surface area contributed by atoms with Gasteiger partial charge in [0.05, 0.1) is 5.56 Å². The zero-order chi connectivity index (χ0) is 21.6. The Bertz CT molecular complexity index is 767. The van der Waals surface area contributed by atoms with E-state index in [0.29, 0.717) is 0 Å². The average molecular weight is 424 g/mol. The lowest BCUT2D eigenvalue weighted by atomic mass is 9.78. The molecule has 2 aromatic rings. The molecule has 6 heteroatoms. The number of ether oxygens (including phenoxy) is 2. The zero-order valence-electron chi connectivity index (χ0n) is 17.1. The summed E-state index contributed by atoms with van der Waals surface area (Å²) in [5, 5.41) is 0. The largest absolute Gasteiger partial charge is 0.435 e. The van der Waals surface area contributed by atoms with Crippen LogP contribution in [0.5, 0.6) is 11.5 Å². The fourth-order valence-corrected chi connectivity index (χ4v) is 4.06. The van der Waals surface area contributed by atoms with Crippen LogP contribution in [0, 0.1) is 11.8 Å². The molecule has 0 aliphatic heterocycles. The Kier molecular flexibility index (Phi) is 7.62. The Labute approximate surface area is 175 Å². The molecule has 1 saturated carbocycles. The molecule has 3 rings (SSSR count). The molecule has 0 aromatic heterocycles. The number of rotatable bonds is 9. The van der Waals surface area contributed by atoms with E-state index in [2.05, 4.69) is 11.7 Å². The van der Waals surface area contributed by atoms with Crippen LogP contribution < -0.4 is 9.47 Å². The first-order valence-corrected chi connectivity index (χ1v) is 10.6. The summed E-state index contributed by atoms with van der Waals surface area (Å²) in [6.45, 7) is -0.716. The number of halogens is 4. The number of aryl methyl sites for hydroxylation is 1. The van der Waals surface area contributed by atoms with Crippen LogP contribution in [0.3, 0.4) is 0 Å². The highest BCUT2D eigenvalue weighted by atomic mass is 19.3. The maximum absolute atomic E-state index is 14.5. The van der Waals surface area contributed by atoms with Crippen molar-refractivity contribution in [1.29, 1.82) is 0 Å². The van der Waals surface area contributed by atoms with Crippen molar-refractivity contribution in [2.24, 2.45) is 11.8 Å². The monoisotopic (exact) mass is 424 g/mol. The van der Waals surface area contributed by atoms with Gasteiger partial charge in [0.25, 0.3) is 0 Å². The first-order valence-electron chi connectivity index (χ1n) is 10.6. The van der Waals surface area contributed by atoms with Crippen LogP contribution in [-0.4, -0.2) is 6.61 Å². The minimum atomic E-state index is -3.53. The topological polar surface area (TPSA) is 18.5 Å². The van der Waals surface area contributed by atoms with Crippen LogP contribution in [0.2, 0.25) is 0 Å². The summed E-state index contributed by atoms with van der Waals surface area (Å²) < 4.78 is 62.2. The fourth-order valence-electron chi connectivity index (χ4n) is 4.06. The zero-order valence-corrected chi connectivity index (χ0v) is 17.1. The lowest BCUT2D eigenvalue weighted by molar-refractivity contribution is -0.185. The summed E-state index contributed by atoms with van der Waals surface area (Å²) in [5.41, 5.74) is 0.795. The van der Waals surface area contributed by atoms with Crippen molar-refractivity contribution in [2.45, 2.75) is 64.6 Å². The summed E-state index contributed by atoms with van der Waals surface area (Å²) in [6.07, 6.45) is 4.86. The van der Waals surface area contributed by atoms with Crippen molar-refractivity contribution in [2.75, 3.05) is 0 Å². The van der Waals surface area contributed by atoms with E-state index in [0.717, 1.165) is 42.4 Å². The number of hydrogen-bond donors (Lipinski definition) is 0. The van der Waals surface area contributed by atoms with Gasteiger partial charge in [-0.25, -0.2) is 0 Å². The molecule has 0 radical (unpaired) electrons. The van der Waals surface area contributed by atoms with Crippen LogP contribution in [0.25, 0.3) is 0 Å². The van der Waals surface area contributed by atoms with E-state index in [-0.39, 0.29) is 17.1 Å². The standard InChI is InChI=1S/C24H28F4O2/c1-2-17-3-5-18(6-4-17)7-8-19-9-11-20(12-10-19)24(27,28)30-22-15-13-21(14-16-22)29-23(25)26/h9-18,23H,2-8H2,1H3/t17-,18-. The third-order valence-corrected chi connectivity index (χ3v) is 5.97. The van der Waals surface area contributed by atoms with Gasteiger partial charge >= 0.3 is 12.7 Å². The lowest BCUT2D eigenvalue weighted by Crippen LogP contribution is -2.21. The Hall–Kier alpha value is -2.24. The van der Waals surface area contributed by atoms with E-state index in [1.807, 2.05) is 0 Å². The van der Waals surface area contributed by atoms with Gasteiger partial charge in [0.15, 0.2) is 0 Å². The minimum absolute atomic E-state index is 0.117. The molecule has 1 fully saturated rings.